The Kier molecular flexibility index (Phi) is 3.94. The van der Waals surface area contributed by atoms with Gasteiger partial charge in [-0.1, -0.05) is 30.3 Å². The van der Waals surface area contributed by atoms with E-state index >= 15 is 0 Å². The maximum Gasteiger partial charge on any atom is 0.251 e. The van der Waals surface area contributed by atoms with Crippen LogP contribution < -0.4 is 5.32 Å². The molecule has 3 nitrogen and oxygen atoms in total. The fourth-order valence-electron chi connectivity index (χ4n) is 1.92. The van der Waals surface area contributed by atoms with Crippen molar-refractivity contribution in [3.05, 3.63) is 59.7 Å². The summed E-state index contributed by atoms with van der Waals surface area (Å²) in [6.07, 6.45) is 0. The second-order valence-electron chi connectivity index (χ2n) is 4.10. The van der Waals surface area contributed by atoms with Gasteiger partial charge in [-0.2, -0.15) is 5.26 Å². The topological polar surface area (TPSA) is 52.9 Å². The summed E-state index contributed by atoms with van der Waals surface area (Å²) in [6, 6.07) is 16.8. The monoisotopic (exact) mass is 250 g/mol. The van der Waals surface area contributed by atoms with Crippen LogP contribution in [0.25, 0.3) is 11.1 Å². The van der Waals surface area contributed by atoms with E-state index in [1.807, 2.05) is 37.3 Å². The van der Waals surface area contributed by atoms with Gasteiger partial charge >= 0.3 is 0 Å². The van der Waals surface area contributed by atoms with Crippen molar-refractivity contribution in [2.24, 2.45) is 0 Å². The predicted molar refractivity (Wildman–Crippen MR) is 74.6 cm³/mol. The minimum atomic E-state index is -0.0983. The highest BCUT2D eigenvalue weighted by Gasteiger charge is 2.08. The molecule has 0 atom stereocenters. The minimum absolute atomic E-state index is 0.0983. The standard InChI is InChI=1S/C16H14N2O/c1-2-18-16(19)13-8-5-7-12(10-13)15-9-4-3-6-14(15)11-17/h3-10H,2H2,1H3,(H,18,19). The third-order valence-corrected chi connectivity index (χ3v) is 2.82. The second-order valence-corrected chi connectivity index (χ2v) is 4.10. The molecule has 0 aliphatic rings. The number of nitrogens with zero attached hydrogens (tertiary/aromatic N) is 1. The van der Waals surface area contributed by atoms with Gasteiger partial charge in [0.15, 0.2) is 0 Å². The smallest absolute Gasteiger partial charge is 0.251 e. The fourth-order valence-corrected chi connectivity index (χ4v) is 1.92. The van der Waals surface area contributed by atoms with Gasteiger partial charge in [-0.05, 0) is 36.2 Å². The van der Waals surface area contributed by atoms with Crippen LogP contribution in [0.5, 0.6) is 0 Å². The van der Waals surface area contributed by atoms with Crippen LogP contribution >= 0.6 is 0 Å². The average molecular weight is 250 g/mol. The number of benzene rings is 2. The van der Waals surface area contributed by atoms with Crippen molar-refractivity contribution in [3.63, 3.8) is 0 Å². The number of rotatable bonds is 3. The van der Waals surface area contributed by atoms with Crippen molar-refractivity contribution in [1.82, 2.24) is 5.32 Å². The van der Waals surface area contributed by atoms with Gasteiger partial charge in [-0.15, -0.1) is 0 Å². The van der Waals surface area contributed by atoms with Crippen molar-refractivity contribution in [1.29, 1.82) is 5.26 Å². The van der Waals surface area contributed by atoms with Crippen LogP contribution in [0.2, 0.25) is 0 Å². The third-order valence-electron chi connectivity index (χ3n) is 2.82. The first-order valence-corrected chi connectivity index (χ1v) is 6.14. The summed E-state index contributed by atoms with van der Waals surface area (Å²) >= 11 is 0. The lowest BCUT2D eigenvalue weighted by Gasteiger charge is -2.07. The molecule has 0 aliphatic carbocycles. The average Bonchev–Trinajstić information content (AvgIpc) is 2.47. The lowest BCUT2D eigenvalue weighted by Crippen LogP contribution is -2.22. The SMILES string of the molecule is CCNC(=O)c1cccc(-c2ccccc2C#N)c1. The maximum absolute atomic E-state index is 11.8. The molecule has 2 aromatic rings. The zero-order valence-corrected chi connectivity index (χ0v) is 10.7. The number of hydrogen-bond donors (Lipinski definition) is 1. The Bertz CT molecular complexity index is 641. The number of nitrogens with one attached hydrogen (secondary N) is 1. The Labute approximate surface area is 112 Å². The summed E-state index contributed by atoms with van der Waals surface area (Å²) in [7, 11) is 0. The van der Waals surface area contributed by atoms with Crippen LogP contribution in [0.15, 0.2) is 48.5 Å². The normalized spacial score (nSPS) is 9.68. The quantitative estimate of drug-likeness (QED) is 0.910. The van der Waals surface area contributed by atoms with E-state index in [4.69, 9.17) is 5.26 Å². The van der Waals surface area contributed by atoms with E-state index < -0.39 is 0 Å². The van der Waals surface area contributed by atoms with Crippen molar-refractivity contribution in [2.75, 3.05) is 6.54 Å². The van der Waals surface area contributed by atoms with Gasteiger partial charge in [-0.3, -0.25) is 4.79 Å². The summed E-state index contributed by atoms with van der Waals surface area (Å²) in [5.74, 6) is -0.0983. The summed E-state index contributed by atoms with van der Waals surface area (Å²) in [4.78, 5) is 11.8. The first-order chi connectivity index (χ1) is 9.26. The van der Waals surface area contributed by atoms with Crippen molar-refractivity contribution < 1.29 is 4.79 Å². The summed E-state index contributed by atoms with van der Waals surface area (Å²) < 4.78 is 0. The van der Waals surface area contributed by atoms with Crippen molar-refractivity contribution in [2.45, 2.75) is 6.92 Å². The van der Waals surface area contributed by atoms with Crippen LogP contribution in [-0.2, 0) is 0 Å². The maximum atomic E-state index is 11.8. The molecule has 1 amide bonds. The van der Waals surface area contributed by atoms with Gasteiger partial charge in [0, 0.05) is 12.1 Å². The van der Waals surface area contributed by atoms with Crippen molar-refractivity contribution in [3.8, 4) is 17.2 Å². The molecular formula is C16H14N2O. The number of carbonyl (C=O) groups excluding carboxylic acids is 1. The van der Waals surface area contributed by atoms with Gasteiger partial charge in [0.25, 0.3) is 5.91 Å². The third kappa shape index (κ3) is 2.80. The molecule has 0 fully saturated rings. The molecule has 19 heavy (non-hydrogen) atoms. The first-order valence-electron chi connectivity index (χ1n) is 6.14. The summed E-state index contributed by atoms with van der Waals surface area (Å²) in [5.41, 5.74) is 2.93. The molecule has 0 spiro atoms. The van der Waals surface area contributed by atoms with Gasteiger partial charge in [-0.25, -0.2) is 0 Å². The number of amides is 1. The van der Waals surface area contributed by atoms with Crippen LogP contribution in [-0.4, -0.2) is 12.5 Å². The highest BCUT2D eigenvalue weighted by Crippen LogP contribution is 2.23. The highest BCUT2D eigenvalue weighted by molar-refractivity contribution is 5.95. The van der Waals surface area contributed by atoms with E-state index in [1.165, 1.54) is 0 Å². The van der Waals surface area contributed by atoms with Crippen molar-refractivity contribution >= 4 is 5.91 Å². The van der Waals surface area contributed by atoms with E-state index in [2.05, 4.69) is 11.4 Å². The lowest BCUT2D eigenvalue weighted by atomic mass is 9.98. The Hall–Kier alpha value is -2.60. The summed E-state index contributed by atoms with van der Waals surface area (Å²) in [5, 5.41) is 11.9. The van der Waals surface area contributed by atoms with E-state index in [1.54, 1.807) is 18.2 Å². The molecular weight excluding hydrogens is 236 g/mol. The van der Waals surface area contributed by atoms with Crippen LogP contribution in [0.3, 0.4) is 0 Å². The van der Waals surface area contributed by atoms with E-state index in [0.717, 1.165) is 11.1 Å². The fraction of sp³-hybridized carbons (Fsp3) is 0.125. The molecule has 94 valence electrons. The van der Waals surface area contributed by atoms with Gasteiger partial charge in [0.05, 0.1) is 11.6 Å². The predicted octanol–water partition coefficient (Wildman–Crippen LogP) is 2.97. The first kappa shape index (κ1) is 12.8. The van der Waals surface area contributed by atoms with E-state index in [0.29, 0.717) is 17.7 Å². The van der Waals surface area contributed by atoms with Crippen LogP contribution in [0.1, 0.15) is 22.8 Å². The van der Waals surface area contributed by atoms with Crippen LogP contribution in [0, 0.1) is 11.3 Å². The Balaban J connectivity index is 2.44. The summed E-state index contributed by atoms with van der Waals surface area (Å²) in [6.45, 7) is 2.48. The lowest BCUT2D eigenvalue weighted by molar-refractivity contribution is 0.0956. The number of carbonyl (C=O) groups is 1. The van der Waals surface area contributed by atoms with E-state index in [9.17, 15) is 4.79 Å². The molecule has 0 unspecified atom stereocenters. The molecule has 0 aromatic heterocycles. The van der Waals surface area contributed by atoms with Gasteiger partial charge in [0.1, 0.15) is 0 Å². The van der Waals surface area contributed by atoms with Crippen LogP contribution in [0.4, 0.5) is 0 Å². The Morgan fingerprint density at radius 2 is 2.00 bits per heavy atom. The zero-order chi connectivity index (χ0) is 13.7. The van der Waals surface area contributed by atoms with Gasteiger partial charge < -0.3 is 5.32 Å². The Morgan fingerprint density at radius 1 is 1.21 bits per heavy atom. The van der Waals surface area contributed by atoms with Gasteiger partial charge in [0.2, 0.25) is 0 Å². The number of hydrogen-bond acceptors (Lipinski definition) is 2. The molecule has 0 aliphatic heterocycles. The van der Waals surface area contributed by atoms with E-state index in [-0.39, 0.29) is 5.91 Å². The highest BCUT2D eigenvalue weighted by atomic mass is 16.1. The molecule has 3 heteroatoms. The zero-order valence-electron chi connectivity index (χ0n) is 10.7. The minimum Gasteiger partial charge on any atom is -0.352 e. The Morgan fingerprint density at radius 3 is 2.74 bits per heavy atom. The molecule has 2 rings (SSSR count). The molecule has 0 saturated heterocycles. The number of nitriles is 1. The molecule has 0 bridgehead atoms. The molecule has 0 heterocycles. The molecule has 0 saturated carbocycles. The second kappa shape index (κ2) is 5.83. The molecule has 1 N–H and O–H groups in total. The largest absolute Gasteiger partial charge is 0.352 e. The molecule has 2 aromatic carbocycles. The molecule has 0 radical (unpaired) electrons.